The Hall–Kier alpha value is -3.05. The zero-order valence-corrected chi connectivity index (χ0v) is 21.2. The molecule has 0 aliphatic heterocycles. The van der Waals surface area contributed by atoms with Gasteiger partial charge in [-0.25, -0.2) is 18.7 Å². The van der Waals surface area contributed by atoms with Gasteiger partial charge < -0.3 is 21.5 Å². The molecule has 37 heavy (non-hydrogen) atoms. The highest BCUT2D eigenvalue weighted by Crippen LogP contribution is 2.38. The molecule has 2 aliphatic carbocycles. The van der Waals surface area contributed by atoms with Gasteiger partial charge in [-0.1, -0.05) is 18.5 Å². The molecule has 12 heteroatoms. The molecule has 0 saturated heterocycles. The van der Waals surface area contributed by atoms with Gasteiger partial charge in [0, 0.05) is 24.1 Å². The number of benzene rings is 1. The van der Waals surface area contributed by atoms with E-state index >= 15 is 0 Å². The third kappa shape index (κ3) is 5.33. The van der Waals surface area contributed by atoms with Gasteiger partial charge in [-0.15, -0.1) is 0 Å². The van der Waals surface area contributed by atoms with Crippen LogP contribution in [0.15, 0.2) is 18.3 Å². The van der Waals surface area contributed by atoms with E-state index in [-0.39, 0.29) is 46.6 Å². The number of nitrogens with two attached hydrogens (primary N) is 1. The van der Waals surface area contributed by atoms with Crippen molar-refractivity contribution in [1.82, 2.24) is 19.5 Å². The van der Waals surface area contributed by atoms with Gasteiger partial charge in [0.2, 0.25) is 17.8 Å². The first-order chi connectivity index (χ1) is 17.7. The van der Waals surface area contributed by atoms with Crippen molar-refractivity contribution in [3.05, 3.63) is 35.0 Å². The first-order valence-corrected chi connectivity index (χ1v) is 13.0. The molecule has 0 bridgehead atoms. The number of anilines is 3. The second kappa shape index (κ2) is 10.4. The molecule has 5 rings (SSSR count). The predicted octanol–water partition coefficient (Wildman–Crippen LogP) is 4.68. The van der Waals surface area contributed by atoms with Gasteiger partial charge in [-0.05, 0) is 56.9 Å². The van der Waals surface area contributed by atoms with Crippen LogP contribution in [-0.4, -0.2) is 42.7 Å². The quantitative estimate of drug-likeness (QED) is 0.362. The molecule has 1 aromatic carbocycles. The van der Waals surface area contributed by atoms with Crippen LogP contribution in [0.2, 0.25) is 5.02 Å². The largest absolute Gasteiger partial charge is 0.393 e. The number of aliphatic hydroxyl groups is 1. The highest BCUT2D eigenvalue weighted by molar-refractivity contribution is 6.33. The molecule has 0 spiro atoms. The van der Waals surface area contributed by atoms with Gasteiger partial charge in [0.1, 0.15) is 11.3 Å². The van der Waals surface area contributed by atoms with Crippen molar-refractivity contribution in [3.8, 4) is 0 Å². The minimum atomic E-state index is -0.848. The first-order valence-electron chi connectivity index (χ1n) is 12.6. The van der Waals surface area contributed by atoms with Crippen LogP contribution >= 0.6 is 11.6 Å². The maximum Gasteiger partial charge on any atom is 0.224 e. The summed E-state index contributed by atoms with van der Waals surface area (Å²) in [6.07, 6.45) is 6.12. The molecule has 2 fully saturated rings. The van der Waals surface area contributed by atoms with Crippen LogP contribution in [-0.2, 0) is 4.79 Å². The van der Waals surface area contributed by atoms with E-state index in [0.717, 1.165) is 25.0 Å². The number of carbonyl (C=O) groups is 1. The minimum absolute atomic E-state index is 0.0377. The molecule has 2 aliphatic rings. The van der Waals surface area contributed by atoms with E-state index in [2.05, 4.69) is 20.6 Å². The van der Waals surface area contributed by atoms with Crippen molar-refractivity contribution in [2.45, 2.75) is 70.1 Å². The molecular weight excluding hydrogens is 504 g/mol. The average molecular weight is 534 g/mol. The van der Waals surface area contributed by atoms with E-state index in [4.69, 9.17) is 22.3 Å². The molecule has 2 heterocycles. The van der Waals surface area contributed by atoms with E-state index in [1.165, 1.54) is 0 Å². The molecule has 2 saturated carbocycles. The number of primary amides is 1. The SMILES string of the molecule is C[C@@H]1CC[C@@H](Nc2ncc3nc(Nc4c(F)cc(F)cc4Cl)n([C@H]4CC[C@H](C(N)=O)CC4)c3n2)C[C@H]1O. The van der Waals surface area contributed by atoms with Crippen LogP contribution in [0.4, 0.5) is 26.4 Å². The summed E-state index contributed by atoms with van der Waals surface area (Å²) in [6.45, 7) is 2.04. The van der Waals surface area contributed by atoms with Crippen LogP contribution in [0, 0.1) is 23.5 Å². The fraction of sp³-hybridized carbons (Fsp3) is 0.520. The highest BCUT2D eigenvalue weighted by Gasteiger charge is 2.30. The number of hydrogen-bond acceptors (Lipinski definition) is 7. The normalized spacial score (nSPS) is 26.2. The molecule has 9 nitrogen and oxygen atoms in total. The van der Waals surface area contributed by atoms with E-state index in [1.54, 1.807) is 6.20 Å². The number of rotatable bonds is 6. The van der Waals surface area contributed by atoms with E-state index in [1.807, 2.05) is 11.5 Å². The minimum Gasteiger partial charge on any atom is -0.393 e. The van der Waals surface area contributed by atoms with Crippen LogP contribution in [0.25, 0.3) is 11.2 Å². The lowest BCUT2D eigenvalue weighted by molar-refractivity contribution is -0.122. The van der Waals surface area contributed by atoms with E-state index in [9.17, 15) is 18.7 Å². The maximum atomic E-state index is 14.6. The van der Waals surface area contributed by atoms with Crippen molar-refractivity contribution in [1.29, 1.82) is 0 Å². The number of carbonyl (C=O) groups excluding carboxylic acids is 1. The summed E-state index contributed by atoms with van der Waals surface area (Å²) in [4.78, 5) is 25.5. The maximum absolute atomic E-state index is 14.6. The Morgan fingerprint density at radius 2 is 1.92 bits per heavy atom. The number of halogens is 3. The molecule has 5 N–H and O–H groups in total. The fourth-order valence-corrected chi connectivity index (χ4v) is 5.64. The molecule has 198 valence electrons. The second-order valence-corrected chi connectivity index (χ2v) is 10.6. The summed E-state index contributed by atoms with van der Waals surface area (Å²) in [5.41, 5.74) is 6.45. The molecule has 2 aromatic heterocycles. The van der Waals surface area contributed by atoms with Gasteiger partial charge in [0.25, 0.3) is 0 Å². The Morgan fingerprint density at radius 1 is 1.16 bits per heavy atom. The Labute approximate surface area is 217 Å². The number of aromatic nitrogens is 4. The van der Waals surface area contributed by atoms with Gasteiger partial charge >= 0.3 is 0 Å². The lowest BCUT2D eigenvalue weighted by Gasteiger charge is -2.31. The summed E-state index contributed by atoms with van der Waals surface area (Å²) >= 11 is 6.14. The van der Waals surface area contributed by atoms with Crippen molar-refractivity contribution in [2.24, 2.45) is 17.6 Å². The fourth-order valence-electron chi connectivity index (χ4n) is 5.40. The summed E-state index contributed by atoms with van der Waals surface area (Å²) in [5.74, 6) is -1.19. The Balaban J connectivity index is 1.50. The number of aliphatic hydroxyl groups excluding tert-OH is 1. The summed E-state index contributed by atoms with van der Waals surface area (Å²) in [7, 11) is 0. The van der Waals surface area contributed by atoms with Crippen LogP contribution in [0.5, 0.6) is 0 Å². The number of fused-ring (bicyclic) bond motifs is 1. The highest BCUT2D eigenvalue weighted by atomic mass is 35.5. The molecule has 0 radical (unpaired) electrons. The molecule has 3 atom stereocenters. The Kier molecular flexibility index (Phi) is 7.17. The molecule has 3 aromatic rings. The van der Waals surface area contributed by atoms with Gasteiger partial charge in [0.15, 0.2) is 11.5 Å². The summed E-state index contributed by atoms with van der Waals surface area (Å²) in [6, 6.07) is 1.72. The number of amides is 1. The molecule has 1 amide bonds. The van der Waals surface area contributed by atoms with Crippen LogP contribution in [0.3, 0.4) is 0 Å². The van der Waals surface area contributed by atoms with Crippen LogP contribution < -0.4 is 16.4 Å². The van der Waals surface area contributed by atoms with Crippen molar-refractivity contribution in [3.63, 3.8) is 0 Å². The van der Waals surface area contributed by atoms with Gasteiger partial charge in [0.05, 0.1) is 23.0 Å². The van der Waals surface area contributed by atoms with Crippen molar-refractivity contribution in [2.75, 3.05) is 10.6 Å². The standard InChI is InChI=1S/C25H30ClF2N7O2/c1-12-2-5-15(10-20(12)36)31-24-30-11-19-23(34-24)35(16-6-3-13(4-7-16)22(29)37)25(32-19)33-21-17(26)8-14(27)9-18(21)28/h8-9,11-13,15-16,20,36H,2-7,10H2,1H3,(H2,29,37)(H,32,33)(H,30,31,34)/t12-,13-,15-,16-,20-/m1/s1. The number of imidazole rings is 1. The lowest BCUT2D eigenvalue weighted by Crippen LogP contribution is -2.35. The van der Waals surface area contributed by atoms with Crippen molar-refractivity contribution >= 4 is 46.3 Å². The lowest BCUT2D eigenvalue weighted by atomic mass is 9.85. The third-order valence-electron chi connectivity index (χ3n) is 7.63. The van der Waals surface area contributed by atoms with Crippen molar-refractivity contribution < 1.29 is 18.7 Å². The third-order valence-corrected chi connectivity index (χ3v) is 7.93. The topological polar surface area (TPSA) is 131 Å². The van der Waals surface area contributed by atoms with E-state index in [0.29, 0.717) is 55.2 Å². The number of nitrogens with zero attached hydrogens (tertiary/aromatic N) is 4. The number of nitrogens with one attached hydrogen (secondary N) is 2. The Morgan fingerprint density at radius 3 is 2.59 bits per heavy atom. The van der Waals surface area contributed by atoms with Gasteiger partial charge in [-0.3, -0.25) is 9.36 Å². The molecule has 0 unspecified atom stereocenters. The molecular formula is C25H30ClF2N7O2. The average Bonchev–Trinajstić information content (AvgIpc) is 3.21. The zero-order valence-electron chi connectivity index (χ0n) is 20.4. The Bertz CT molecular complexity index is 1290. The van der Waals surface area contributed by atoms with E-state index < -0.39 is 11.6 Å². The smallest absolute Gasteiger partial charge is 0.224 e. The zero-order chi connectivity index (χ0) is 26.3. The monoisotopic (exact) mass is 533 g/mol. The first kappa shape index (κ1) is 25.6. The van der Waals surface area contributed by atoms with Crippen LogP contribution in [0.1, 0.15) is 57.9 Å². The second-order valence-electron chi connectivity index (χ2n) is 10.2. The van der Waals surface area contributed by atoms with Gasteiger partial charge in [-0.2, -0.15) is 4.98 Å². The summed E-state index contributed by atoms with van der Waals surface area (Å²) in [5, 5.41) is 16.4. The number of hydrogen-bond donors (Lipinski definition) is 4. The predicted molar refractivity (Wildman–Crippen MR) is 137 cm³/mol. The summed E-state index contributed by atoms with van der Waals surface area (Å²) < 4.78 is 30.1.